The van der Waals surface area contributed by atoms with Crippen LogP contribution in [0.5, 0.6) is 0 Å². The van der Waals surface area contributed by atoms with Crippen molar-refractivity contribution in [3.05, 3.63) is 68.7 Å². The fourth-order valence-corrected chi connectivity index (χ4v) is 8.50. The molecule has 6 nitrogen and oxygen atoms in total. The van der Waals surface area contributed by atoms with Crippen LogP contribution in [0.2, 0.25) is 0 Å². The Morgan fingerprint density at radius 1 is 1.06 bits per heavy atom. The van der Waals surface area contributed by atoms with Crippen molar-refractivity contribution < 1.29 is 8.42 Å². The second-order valence-electron chi connectivity index (χ2n) is 8.46. The van der Waals surface area contributed by atoms with Gasteiger partial charge in [0, 0.05) is 28.4 Å². The molecule has 2 aromatic carbocycles. The summed E-state index contributed by atoms with van der Waals surface area (Å²) in [4.78, 5) is 10.3. The third-order valence-corrected chi connectivity index (χ3v) is 10.4. The van der Waals surface area contributed by atoms with Crippen molar-refractivity contribution in [1.29, 1.82) is 0 Å². The highest BCUT2D eigenvalue weighted by atomic mass is 32.9. The van der Waals surface area contributed by atoms with Gasteiger partial charge in [0.05, 0.1) is 21.0 Å². The number of benzene rings is 2. The predicted molar refractivity (Wildman–Crippen MR) is 138 cm³/mol. The minimum Gasteiger partial charge on any atom is -0.375 e. The number of hydrogen-bond acceptors (Lipinski definition) is 8. The summed E-state index contributed by atoms with van der Waals surface area (Å²) in [6.07, 6.45) is 1.56. The molecule has 0 spiro atoms. The van der Waals surface area contributed by atoms with Gasteiger partial charge in [-0.2, -0.15) is 0 Å². The van der Waals surface area contributed by atoms with Crippen molar-refractivity contribution in [3.63, 3.8) is 0 Å². The van der Waals surface area contributed by atoms with E-state index in [0.29, 0.717) is 10.8 Å². The molecule has 170 valence electrons. The maximum absolute atomic E-state index is 12.6. The summed E-state index contributed by atoms with van der Waals surface area (Å²) in [7, 11) is -0.307. The van der Waals surface area contributed by atoms with Crippen molar-refractivity contribution in [2.24, 2.45) is 4.99 Å². The summed E-state index contributed by atoms with van der Waals surface area (Å²) in [5.41, 5.74) is 6.45. The number of rotatable bonds is 4. The number of thiazole rings is 1. The van der Waals surface area contributed by atoms with Crippen LogP contribution >= 0.6 is 32.0 Å². The van der Waals surface area contributed by atoms with Crippen LogP contribution < -0.4 is 14.7 Å². The molecule has 0 fully saturated rings. The van der Waals surface area contributed by atoms with E-state index in [4.69, 9.17) is 4.99 Å². The second-order valence-corrected chi connectivity index (χ2v) is 13.2. The second kappa shape index (κ2) is 8.05. The molecule has 0 atom stereocenters. The molecule has 1 aliphatic rings. The minimum atomic E-state index is -3.69. The number of anilines is 2. The van der Waals surface area contributed by atoms with E-state index in [0.717, 1.165) is 21.5 Å². The van der Waals surface area contributed by atoms with Gasteiger partial charge in [0.25, 0.3) is 10.0 Å². The topological polar surface area (TPSA) is 83.5 Å². The molecular formula is C23H22N4O2S4. The molecule has 0 saturated heterocycles. The van der Waals surface area contributed by atoms with Crippen LogP contribution in [0.4, 0.5) is 16.5 Å². The first-order chi connectivity index (χ1) is 15.6. The Kier molecular flexibility index (Phi) is 5.43. The minimum absolute atomic E-state index is 0.175. The average Bonchev–Trinajstić information content (AvgIpc) is 3.40. The van der Waals surface area contributed by atoms with E-state index in [2.05, 4.69) is 54.9 Å². The van der Waals surface area contributed by atoms with E-state index < -0.39 is 10.0 Å². The molecule has 2 N–H and O–H groups in total. The molecule has 10 heteroatoms. The van der Waals surface area contributed by atoms with E-state index >= 15 is 0 Å². The van der Waals surface area contributed by atoms with Gasteiger partial charge in [0.1, 0.15) is 4.67 Å². The highest BCUT2D eigenvalue weighted by Gasteiger charge is 2.33. The fourth-order valence-electron chi connectivity index (χ4n) is 3.77. The summed E-state index contributed by atoms with van der Waals surface area (Å²) < 4.78 is 28.7. The van der Waals surface area contributed by atoms with Gasteiger partial charge in [-0.25, -0.2) is 18.4 Å². The quantitative estimate of drug-likeness (QED) is 0.316. The predicted octanol–water partition coefficient (Wildman–Crippen LogP) is 6.24. The van der Waals surface area contributed by atoms with Crippen molar-refractivity contribution >= 4 is 58.5 Å². The van der Waals surface area contributed by atoms with Crippen molar-refractivity contribution in [2.75, 3.05) is 10.0 Å². The zero-order chi connectivity index (χ0) is 23.4. The Hall–Kier alpha value is -2.53. The number of aromatic nitrogens is 1. The van der Waals surface area contributed by atoms with Crippen molar-refractivity contribution in [1.82, 2.24) is 4.98 Å². The van der Waals surface area contributed by atoms with Gasteiger partial charge in [-0.15, -0.1) is 11.3 Å². The van der Waals surface area contributed by atoms with Crippen molar-refractivity contribution in [3.8, 4) is 11.1 Å². The molecule has 4 aromatic rings. The Bertz CT molecular complexity index is 1510. The van der Waals surface area contributed by atoms with Crippen LogP contribution in [0.25, 0.3) is 11.1 Å². The van der Waals surface area contributed by atoms with Gasteiger partial charge in [-0.05, 0) is 75.2 Å². The average molecular weight is 515 g/mol. The van der Waals surface area contributed by atoms with Gasteiger partial charge in [-0.3, -0.25) is 4.72 Å². The van der Waals surface area contributed by atoms with Crippen LogP contribution in [0.1, 0.15) is 29.9 Å². The number of hydrogen-bond donors (Lipinski definition) is 2. The van der Waals surface area contributed by atoms with E-state index in [1.807, 2.05) is 0 Å². The maximum Gasteiger partial charge on any atom is 0.263 e. The first-order valence-corrected chi connectivity index (χ1v) is 14.8. The smallest absolute Gasteiger partial charge is 0.263 e. The molecule has 0 saturated carbocycles. The fraction of sp³-hybridized carbons (Fsp3) is 0.217. The number of sulfonamides is 1. The lowest BCUT2D eigenvalue weighted by Gasteiger charge is -2.33. The van der Waals surface area contributed by atoms with Crippen LogP contribution in [0.15, 0.2) is 57.9 Å². The molecule has 33 heavy (non-hydrogen) atoms. The lowest BCUT2D eigenvalue weighted by atomic mass is 9.88. The van der Waals surface area contributed by atoms with Crippen molar-refractivity contribution in [2.45, 2.75) is 38.1 Å². The van der Waals surface area contributed by atoms with Gasteiger partial charge in [0.2, 0.25) is 0 Å². The Morgan fingerprint density at radius 3 is 2.48 bits per heavy atom. The number of nitrogens with zero attached hydrogens (tertiary/aromatic N) is 2. The highest BCUT2D eigenvalue weighted by molar-refractivity contribution is 7.93. The van der Waals surface area contributed by atoms with E-state index in [-0.39, 0.29) is 10.4 Å². The van der Waals surface area contributed by atoms with Gasteiger partial charge >= 0.3 is 0 Å². The highest BCUT2D eigenvalue weighted by Crippen LogP contribution is 2.46. The summed E-state index contributed by atoms with van der Waals surface area (Å²) in [5.74, 6) is 0. The Balaban J connectivity index is 1.55. The molecule has 2 aromatic heterocycles. The van der Waals surface area contributed by atoms with Gasteiger partial charge < -0.3 is 5.32 Å². The summed E-state index contributed by atoms with van der Waals surface area (Å²) in [6.45, 7) is 8.62. The molecule has 5 rings (SSSR count). The molecule has 0 bridgehead atoms. The monoisotopic (exact) mass is 514 g/mol. The Labute approximate surface area is 204 Å². The molecule has 0 aliphatic carbocycles. The molecule has 1 aliphatic heterocycles. The maximum atomic E-state index is 12.6. The molecular weight excluding hydrogens is 493 g/mol. The first kappa shape index (κ1) is 22.3. The van der Waals surface area contributed by atoms with E-state index in [9.17, 15) is 8.42 Å². The van der Waals surface area contributed by atoms with Crippen LogP contribution in [-0.4, -0.2) is 13.4 Å². The summed E-state index contributed by atoms with van der Waals surface area (Å²) in [6, 6.07) is 11.1. The largest absolute Gasteiger partial charge is 0.375 e. The van der Waals surface area contributed by atoms with Crippen LogP contribution in [0, 0.1) is 13.8 Å². The zero-order valence-electron chi connectivity index (χ0n) is 18.5. The third-order valence-electron chi connectivity index (χ3n) is 5.59. The summed E-state index contributed by atoms with van der Waals surface area (Å²) in [5, 5.41) is 5.74. The molecule has 3 heterocycles. The normalized spacial score (nSPS) is 15.0. The lowest BCUT2D eigenvalue weighted by molar-refractivity contribution is 0.601. The molecule has 0 radical (unpaired) electrons. The lowest BCUT2D eigenvalue weighted by Crippen LogP contribution is -2.31. The van der Waals surface area contributed by atoms with Crippen LogP contribution in [0.3, 0.4) is 0 Å². The van der Waals surface area contributed by atoms with Gasteiger partial charge in [0.15, 0.2) is 5.13 Å². The Morgan fingerprint density at radius 2 is 1.79 bits per heavy atom. The zero-order valence-corrected chi connectivity index (χ0v) is 21.7. The third kappa shape index (κ3) is 4.12. The van der Waals surface area contributed by atoms with E-state index in [1.165, 1.54) is 27.3 Å². The summed E-state index contributed by atoms with van der Waals surface area (Å²) >= 11 is 1.24. The van der Waals surface area contributed by atoms with Gasteiger partial charge in [-0.1, -0.05) is 20.7 Å². The first-order valence-electron chi connectivity index (χ1n) is 10.2. The number of fused-ring (bicyclic) bond motifs is 3. The molecule has 0 unspecified atom stereocenters. The van der Waals surface area contributed by atoms with E-state index in [1.54, 1.807) is 56.5 Å². The molecule has 0 amide bonds. The van der Waals surface area contributed by atoms with Crippen LogP contribution in [-0.2, 0) is 15.6 Å². The number of nitrogens with one attached hydrogen (secondary N) is 2. The number of aryl methyl sites for hydroxylation is 2. The SMILES string of the molecule is Cc1cc2c(cc1C)-c1c(ssc1=Nc1ccc(S(=O)(=O)Nc3nccs3)cc1)C(C)(C)N2. The standard InChI is InChI=1S/C23H22N4O2S4/c1-13-11-17-18(12-14(13)2)26-23(3,4)20-19(17)21(32-31-20)25-15-5-7-16(8-6-15)33(28,29)27-22-24-9-10-30-22/h5-12,26H,1-4H3,(H,24,27).